The van der Waals surface area contributed by atoms with E-state index < -0.39 is 0 Å². The molecule has 0 atom stereocenters. The van der Waals surface area contributed by atoms with Gasteiger partial charge in [-0.25, -0.2) is 9.66 Å². The number of aromatic amines is 1. The molecule has 0 aliphatic heterocycles. The lowest BCUT2D eigenvalue weighted by atomic mass is 10.1. The van der Waals surface area contributed by atoms with E-state index in [0.29, 0.717) is 23.4 Å². The minimum Gasteiger partial charge on any atom is -0.336 e. The molecular weight excluding hydrogens is 362 g/mol. The van der Waals surface area contributed by atoms with Gasteiger partial charge in [0.15, 0.2) is 5.82 Å². The van der Waals surface area contributed by atoms with Crippen molar-refractivity contribution in [1.29, 1.82) is 0 Å². The number of benzene rings is 2. The summed E-state index contributed by atoms with van der Waals surface area (Å²) < 4.78 is 1.42. The Morgan fingerprint density at radius 1 is 1.11 bits per heavy atom. The van der Waals surface area contributed by atoms with E-state index in [1.54, 1.807) is 0 Å². The number of nitrogens with two attached hydrogens (primary N) is 1. The van der Waals surface area contributed by atoms with Gasteiger partial charge in [0.1, 0.15) is 0 Å². The van der Waals surface area contributed by atoms with Crippen LogP contribution in [0.2, 0.25) is 0 Å². The van der Waals surface area contributed by atoms with Crippen molar-refractivity contribution in [2.45, 2.75) is 11.6 Å². The van der Waals surface area contributed by atoms with Gasteiger partial charge >= 0.3 is 0 Å². The number of rotatable bonds is 6. The molecule has 4 N–H and O–H groups in total. The van der Waals surface area contributed by atoms with Gasteiger partial charge in [-0.1, -0.05) is 54.2 Å². The molecule has 0 fully saturated rings. The summed E-state index contributed by atoms with van der Waals surface area (Å²) in [5.74, 6) is 7.07. The standard InChI is InChI=1S/C18H17N7OS/c19-25-15(10-12-6-2-1-3-7-12)23-24-18(25)27-11-16(26)22-17-20-13-8-4-5-9-14(13)21-17/h1-9H,10-11,19H2,(H2,20,21,22,26). The van der Waals surface area contributed by atoms with E-state index in [9.17, 15) is 4.79 Å². The molecule has 0 spiro atoms. The van der Waals surface area contributed by atoms with E-state index in [-0.39, 0.29) is 11.7 Å². The number of carbonyl (C=O) groups excluding carboxylic acids is 1. The number of hydrogen-bond acceptors (Lipinski definition) is 6. The molecule has 0 aliphatic carbocycles. The van der Waals surface area contributed by atoms with E-state index in [4.69, 9.17) is 5.84 Å². The van der Waals surface area contributed by atoms with E-state index in [1.807, 2.05) is 54.6 Å². The molecule has 8 nitrogen and oxygen atoms in total. The number of nitrogens with one attached hydrogen (secondary N) is 2. The average molecular weight is 379 g/mol. The van der Waals surface area contributed by atoms with Gasteiger partial charge in [-0.05, 0) is 17.7 Å². The highest BCUT2D eigenvalue weighted by Crippen LogP contribution is 2.17. The number of anilines is 1. The lowest BCUT2D eigenvalue weighted by Gasteiger charge is -2.04. The summed E-state index contributed by atoms with van der Waals surface area (Å²) in [7, 11) is 0. The first-order valence-corrected chi connectivity index (χ1v) is 9.28. The fraction of sp³-hybridized carbons (Fsp3) is 0.111. The zero-order chi connectivity index (χ0) is 18.6. The third-order valence-electron chi connectivity index (χ3n) is 3.92. The Bertz CT molecular complexity index is 1040. The summed E-state index contributed by atoms with van der Waals surface area (Å²) in [4.78, 5) is 19.6. The maximum absolute atomic E-state index is 12.2. The number of imidazole rings is 1. The van der Waals surface area contributed by atoms with Gasteiger partial charge in [0.05, 0.1) is 16.8 Å². The topological polar surface area (TPSA) is 115 Å². The summed E-state index contributed by atoms with van der Waals surface area (Å²) in [6, 6.07) is 17.5. The fourth-order valence-corrected chi connectivity index (χ4v) is 3.29. The Labute approximate surface area is 159 Å². The number of para-hydroxylation sites is 2. The van der Waals surface area contributed by atoms with Crippen LogP contribution in [0.5, 0.6) is 0 Å². The molecule has 2 heterocycles. The third kappa shape index (κ3) is 3.93. The number of amides is 1. The van der Waals surface area contributed by atoms with E-state index in [2.05, 4.69) is 25.5 Å². The minimum atomic E-state index is -0.202. The Kier molecular flexibility index (Phi) is 4.75. The minimum absolute atomic E-state index is 0.151. The highest BCUT2D eigenvalue weighted by Gasteiger charge is 2.13. The van der Waals surface area contributed by atoms with Crippen LogP contribution < -0.4 is 11.2 Å². The molecule has 9 heteroatoms. The van der Waals surface area contributed by atoms with E-state index in [1.165, 1.54) is 16.4 Å². The Hall–Kier alpha value is -3.33. The Morgan fingerprint density at radius 2 is 1.89 bits per heavy atom. The Balaban J connectivity index is 1.36. The molecule has 2 aromatic carbocycles. The van der Waals surface area contributed by atoms with Gasteiger partial charge in [0.25, 0.3) is 0 Å². The maximum atomic E-state index is 12.2. The van der Waals surface area contributed by atoms with Crippen LogP contribution in [0.3, 0.4) is 0 Å². The van der Waals surface area contributed by atoms with Gasteiger partial charge in [-0.3, -0.25) is 10.1 Å². The third-order valence-corrected chi connectivity index (χ3v) is 4.86. The van der Waals surface area contributed by atoms with Crippen LogP contribution in [0.15, 0.2) is 59.8 Å². The van der Waals surface area contributed by atoms with Crippen molar-refractivity contribution in [3.05, 3.63) is 66.0 Å². The molecular formula is C18H17N7OS. The van der Waals surface area contributed by atoms with Crippen molar-refractivity contribution in [2.24, 2.45) is 0 Å². The highest BCUT2D eigenvalue weighted by molar-refractivity contribution is 7.99. The summed E-state index contributed by atoms with van der Waals surface area (Å²) in [5.41, 5.74) is 2.76. The van der Waals surface area contributed by atoms with Crippen molar-refractivity contribution < 1.29 is 4.79 Å². The van der Waals surface area contributed by atoms with Crippen LogP contribution in [-0.2, 0) is 11.2 Å². The van der Waals surface area contributed by atoms with Gasteiger partial charge < -0.3 is 10.8 Å². The van der Waals surface area contributed by atoms with Gasteiger partial charge in [0.2, 0.25) is 17.0 Å². The van der Waals surface area contributed by atoms with E-state index >= 15 is 0 Å². The molecule has 0 unspecified atom stereocenters. The molecule has 4 aromatic rings. The van der Waals surface area contributed by atoms with Crippen LogP contribution in [0.4, 0.5) is 5.95 Å². The SMILES string of the molecule is Nn1c(Cc2ccccc2)nnc1SCC(=O)Nc1nc2ccccc2[nH]1. The summed E-state index contributed by atoms with van der Waals surface area (Å²) >= 11 is 1.22. The van der Waals surface area contributed by atoms with Crippen molar-refractivity contribution in [2.75, 3.05) is 16.9 Å². The number of nitrogens with zero attached hydrogens (tertiary/aromatic N) is 4. The quantitative estimate of drug-likeness (QED) is 0.349. The number of nitrogen functional groups attached to an aromatic ring is 1. The number of fused-ring (bicyclic) bond motifs is 1. The molecule has 1 amide bonds. The van der Waals surface area contributed by atoms with Crippen LogP contribution in [-0.4, -0.2) is 36.5 Å². The number of thioether (sulfide) groups is 1. The number of H-pyrrole nitrogens is 1. The predicted octanol–water partition coefficient (Wildman–Crippen LogP) is 2.19. The van der Waals surface area contributed by atoms with Crippen LogP contribution >= 0.6 is 11.8 Å². The number of carbonyl (C=O) groups is 1. The van der Waals surface area contributed by atoms with Crippen LogP contribution in [0, 0.1) is 0 Å². The van der Waals surface area contributed by atoms with Crippen molar-refractivity contribution in [1.82, 2.24) is 24.8 Å². The number of aromatic nitrogens is 5. The second-order valence-corrected chi connectivity index (χ2v) is 6.81. The van der Waals surface area contributed by atoms with Gasteiger partial charge in [-0.15, -0.1) is 10.2 Å². The zero-order valence-electron chi connectivity index (χ0n) is 14.3. The molecule has 0 saturated carbocycles. The monoisotopic (exact) mass is 379 g/mol. The lowest BCUT2D eigenvalue weighted by molar-refractivity contribution is -0.113. The fourth-order valence-electron chi connectivity index (χ4n) is 2.61. The van der Waals surface area contributed by atoms with Crippen molar-refractivity contribution in [3.8, 4) is 0 Å². The van der Waals surface area contributed by atoms with E-state index in [0.717, 1.165) is 16.6 Å². The molecule has 2 aromatic heterocycles. The summed E-state index contributed by atoms with van der Waals surface area (Å²) in [6.45, 7) is 0. The second kappa shape index (κ2) is 7.50. The molecule has 4 rings (SSSR count). The highest BCUT2D eigenvalue weighted by atomic mass is 32.2. The second-order valence-electron chi connectivity index (χ2n) is 5.87. The number of hydrogen-bond donors (Lipinski definition) is 3. The summed E-state index contributed by atoms with van der Waals surface area (Å²) in [5, 5.41) is 11.4. The molecule has 0 bridgehead atoms. The molecule has 0 radical (unpaired) electrons. The summed E-state index contributed by atoms with van der Waals surface area (Å²) in [6.07, 6.45) is 0.579. The smallest absolute Gasteiger partial charge is 0.237 e. The normalized spacial score (nSPS) is 11.0. The van der Waals surface area contributed by atoms with Crippen molar-refractivity contribution >= 4 is 34.7 Å². The van der Waals surface area contributed by atoms with Crippen molar-refractivity contribution in [3.63, 3.8) is 0 Å². The van der Waals surface area contributed by atoms with Gasteiger partial charge in [-0.2, -0.15) is 0 Å². The molecule has 136 valence electrons. The van der Waals surface area contributed by atoms with Gasteiger partial charge in [0, 0.05) is 6.42 Å². The van der Waals surface area contributed by atoms with Crippen LogP contribution in [0.25, 0.3) is 11.0 Å². The van der Waals surface area contributed by atoms with Crippen LogP contribution in [0.1, 0.15) is 11.4 Å². The maximum Gasteiger partial charge on any atom is 0.237 e. The Morgan fingerprint density at radius 3 is 2.70 bits per heavy atom. The molecule has 27 heavy (non-hydrogen) atoms. The first-order chi connectivity index (χ1) is 13.2. The molecule has 0 aliphatic rings. The predicted molar refractivity (Wildman–Crippen MR) is 105 cm³/mol. The first-order valence-electron chi connectivity index (χ1n) is 8.30. The first kappa shape index (κ1) is 17.1. The largest absolute Gasteiger partial charge is 0.336 e. The average Bonchev–Trinajstić information content (AvgIpc) is 3.24. The lowest BCUT2D eigenvalue weighted by Crippen LogP contribution is -2.18. The molecule has 0 saturated heterocycles. The zero-order valence-corrected chi connectivity index (χ0v) is 15.1.